The van der Waals surface area contributed by atoms with E-state index >= 15 is 0 Å². The van der Waals surface area contributed by atoms with Crippen LogP contribution < -0.4 is 24.8 Å². The Balaban J connectivity index is 2.08. The summed E-state index contributed by atoms with van der Waals surface area (Å²) in [4.78, 5) is 4.79. The van der Waals surface area contributed by atoms with E-state index in [2.05, 4.69) is 24.5 Å². The molecule has 0 spiro atoms. The fraction of sp³-hybridized carbons (Fsp3) is 0.696. The van der Waals surface area contributed by atoms with Gasteiger partial charge in [0.05, 0.1) is 27.9 Å². The Morgan fingerprint density at radius 3 is 2.20 bits per heavy atom. The number of benzene rings is 1. The standard InChI is InChI=1S/C23H39N3O4/c1-6-24-22(26-17-23(10-8-9-11-23)12-13-30-7-2)25-16-18-14-19(27-3)21(29-5)20(15-18)28-4/h14-15H,6-13,16-17H2,1-5H3,(H2,24,25,26). The Kier molecular flexibility index (Phi) is 10.1. The van der Waals surface area contributed by atoms with Crippen molar-refractivity contribution >= 4 is 5.96 Å². The average molecular weight is 422 g/mol. The third kappa shape index (κ3) is 6.69. The van der Waals surface area contributed by atoms with Crippen LogP contribution in [0.2, 0.25) is 0 Å². The van der Waals surface area contributed by atoms with Gasteiger partial charge in [0, 0.05) is 26.3 Å². The molecule has 0 amide bonds. The highest BCUT2D eigenvalue weighted by atomic mass is 16.5. The van der Waals surface area contributed by atoms with Crippen LogP contribution in [0.1, 0.15) is 51.5 Å². The van der Waals surface area contributed by atoms with Crippen LogP contribution in [0.3, 0.4) is 0 Å². The van der Waals surface area contributed by atoms with Crippen molar-refractivity contribution in [1.82, 2.24) is 10.6 Å². The van der Waals surface area contributed by atoms with Crippen LogP contribution in [0.5, 0.6) is 17.2 Å². The smallest absolute Gasteiger partial charge is 0.203 e. The summed E-state index contributed by atoms with van der Waals surface area (Å²) in [5, 5.41) is 6.94. The first-order chi connectivity index (χ1) is 14.6. The third-order valence-corrected chi connectivity index (χ3v) is 5.76. The molecule has 1 aliphatic rings. The summed E-state index contributed by atoms with van der Waals surface area (Å²) in [5.74, 6) is 2.70. The number of rotatable bonds is 12. The number of nitrogens with zero attached hydrogens (tertiary/aromatic N) is 1. The largest absolute Gasteiger partial charge is 0.493 e. The lowest BCUT2D eigenvalue weighted by molar-refractivity contribution is 0.105. The second kappa shape index (κ2) is 12.5. The molecule has 1 saturated carbocycles. The summed E-state index contributed by atoms with van der Waals surface area (Å²) in [6, 6.07) is 3.88. The first kappa shape index (κ1) is 24.1. The van der Waals surface area contributed by atoms with Crippen LogP contribution in [0.25, 0.3) is 0 Å². The number of methoxy groups -OCH3 is 3. The molecular formula is C23H39N3O4. The fourth-order valence-electron chi connectivity index (χ4n) is 4.08. The molecule has 2 N–H and O–H groups in total. The Morgan fingerprint density at radius 2 is 1.67 bits per heavy atom. The molecule has 0 aliphatic heterocycles. The molecule has 0 unspecified atom stereocenters. The van der Waals surface area contributed by atoms with Crippen molar-refractivity contribution in [2.75, 3.05) is 47.6 Å². The monoisotopic (exact) mass is 421 g/mol. The Morgan fingerprint density at radius 1 is 1.00 bits per heavy atom. The third-order valence-electron chi connectivity index (χ3n) is 5.76. The van der Waals surface area contributed by atoms with E-state index in [1.54, 1.807) is 21.3 Å². The van der Waals surface area contributed by atoms with Crippen molar-refractivity contribution in [2.24, 2.45) is 10.4 Å². The Labute approximate surface area is 181 Å². The van der Waals surface area contributed by atoms with Gasteiger partial charge in [0.2, 0.25) is 5.75 Å². The molecule has 0 atom stereocenters. The number of nitrogens with one attached hydrogen (secondary N) is 2. The van der Waals surface area contributed by atoms with Crippen molar-refractivity contribution < 1.29 is 18.9 Å². The molecular weight excluding hydrogens is 382 g/mol. The topological polar surface area (TPSA) is 73.3 Å². The van der Waals surface area contributed by atoms with Gasteiger partial charge >= 0.3 is 0 Å². The normalized spacial score (nSPS) is 15.7. The lowest BCUT2D eigenvalue weighted by Gasteiger charge is -2.30. The summed E-state index contributed by atoms with van der Waals surface area (Å²) in [5.41, 5.74) is 1.30. The predicted octanol–water partition coefficient (Wildman–Crippen LogP) is 3.75. The predicted molar refractivity (Wildman–Crippen MR) is 121 cm³/mol. The minimum atomic E-state index is 0.303. The molecule has 1 fully saturated rings. The highest BCUT2D eigenvalue weighted by Gasteiger charge is 2.33. The number of ether oxygens (including phenoxy) is 4. The molecule has 0 radical (unpaired) electrons. The minimum Gasteiger partial charge on any atom is -0.493 e. The van der Waals surface area contributed by atoms with Gasteiger partial charge in [-0.2, -0.15) is 0 Å². The molecule has 7 heteroatoms. The second-order valence-electron chi connectivity index (χ2n) is 7.74. The summed E-state index contributed by atoms with van der Waals surface area (Å²) in [7, 11) is 4.86. The van der Waals surface area contributed by atoms with Crippen molar-refractivity contribution in [3.8, 4) is 17.2 Å². The van der Waals surface area contributed by atoms with Gasteiger partial charge in [0.25, 0.3) is 0 Å². The van der Waals surface area contributed by atoms with Gasteiger partial charge in [-0.3, -0.25) is 0 Å². The average Bonchev–Trinajstić information content (AvgIpc) is 3.24. The Bertz CT molecular complexity index is 647. The zero-order valence-electron chi connectivity index (χ0n) is 19.3. The Hall–Kier alpha value is -2.15. The van der Waals surface area contributed by atoms with E-state index in [0.29, 0.717) is 29.2 Å². The first-order valence-electron chi connectivity index (χ1n) is 11.0. The van der Waals surface area contributed by atoms with Gasteiger partial charge in [-0.25, -0.2) is 4.99 Å². The van der Waals surface area contributed by atoms with Gasteiger partial charge in [-0.15, -0.1) is 0 Å². The molecule has 1 aliphatic carbocycles. The maximum atomic E-state index is 5.64. The van der Waals surface area contributed by atoms with Crippen LogP contribution in [0.15, 0.2) is 17.1 Å². The van der Waals surface area contributed by atoms with Gasteiger partial charge in [-0.1, -0.05) is 12.8 Å². The van der Waals surface area contributed by atoms with Gasteiger partial charge < -0.3 is 29.6 Å². The van der Waals surface area contributed by atoms with E-state index in [0.717, 1.165) is 44.2 Å². The van der Waals surface area contributed by atoms with Gasteiger partial charge in [0.15, 0.2) is 17.5 Å². The number of aliphatic imine (C=N–C) groups is 1. The number of guanidine groups is 1. The minimum absolute atomic E-state index is 0.303. The number of hydrogen-bond donors (Lipinski definition) is 2. The van der Waals surface area contributed by atoms with Crippen LogP contribution in [-0.2, 0) is 11.3 Å². The van der Waals surface area contributed by atoms with E-state index in [4.69, 9.17) is 23.9 Å². The molecule has 1 aromatic rings. The summed E-state index contributed by atoms with van der Waals surface area (Å²) >= 11 is 0. The van der Waals surface area contributed by atoms with E-state index in [-0.39, 0.29) is 0 Å². The second-order valence-corrected chi connectivity index (χ2v) is 7.74. The maximum absolute atomic E-state index is 5.64. The molecule has 170 valence electrons. The lowest BCUT2D eigenvalue weighted by Crippen LogP contribution is -2.43. The van der Waals surface area contributed by atoms with Crippen molar-refractivity contribution in [1.29, 1.82) is 0 Å². The SMILES string of the molecule is CCNC(=NCc1cc(OC)c(OC)c(OC)c1)NCC1(CCOCC)CCCC1. The van der Waals surface area contributed by atoms with E-state index < -0.39 is 0 Å². The molecule has 0 bridgehead atoms. The summed E-state index contributed by atoms with van der Waals surface area (Å²) in [6.07, 6.45) is 6.19. The molecule has 0 aromatic heterocycles. The molecule has 2 rings (SSSR count). The van der Waals surface area contributed by atoms with Crippen molar-refractivity contribution in [3.05, 3.63) is 17.7 Å². The van der Waals surface area contributed by atoms with Gasteiger partial charge in [0.1, 0.15) is 0 Å². The van der Waals surface area contributed by atoms with Crippen LogP contribution >= 0.6 is 0 Å². The molecule has 0 heterocycles. The van der Waals surface area contributed by atoms with E-state index in [1.165, 1.54) is 25.7 Å². The molecule has 7 nitrogen and oxygen atoms in total. The van der Waals surface area contributed by atoms with Crippen molar-refractivity contribution in [3.63, 3.8) is 0 Å². The maximum Gasteiger partial charge on any atom is 0.203 e. The van der Waals surface area contributed by atoms with Crippen LogP contribution in [0.4, 0.5) is 0 Å². The van der Waals surface area contributed by atoms with E-state index in [9.17, 15) is 0 Å². The van der Waals surface area contributed by atoms with E-state index in [1.807, 2.05) is 12.1 Å². The highest BCUT2D eigenvalue weighted by molar-refractivity contribution is 5.79. The lowest BCUT2D eigenvalue weighted by atomic mass is 9.83. The highest BCUT2D eigenvalue weighted by Crippen LogP contribution is 2.40. The van der Waals surface area contributed by atoms with Crippen molar-refractivity contribution in [2.45, 2.75) is 52.5 Å². The van der Waals surface area contributed by atoms with Gasteiger partial charge in [-0.05, 0) is 56.2 Å². The summed E-state index contributed by atoms with van der Waals surface area (Å²) in [6.45, 7) is 7.99. The molecule has 1 aromatic carbocycles. The zero-order valence-corrected chi connectivity index (χ0v) is 19.3. The summed E-state index contributed by atoms with van der Waals surface area (Å²) < 4.78 is 21.9. The van der Waals surface area contributed by atoms with Crippen LogP contribution in [0, 0.1) is 5.41 Å². The zero-order chi connectivity index (χ0) is 21.8. The quantitative estimate of drug-likeness (QED) is 0.304. The molecule has 0 saturated heterocycles. The van der Waals surface area contributed by atoms with Crippen LogP contribution in [-0.4, -0.2) is 53.6 Å². The molecule has 30 heavy (non-hydrogen) atoms. The first-order valence-corrected chi connectivity index (χ1v) is 11.0. The number of hydrogen-bond acceptors (Lipinski definition) is 5. The fourth-order valence-corrected chi connectivity index (χ4v) is 4.08.